The number of benzene rings is 1. The highest BCUT2D eigenvalue weighted by atomic mass is 32.2. The minimum atomic E-state index is -3.76. The van der Waals surface area contributed by atoms with E-state index in [0.29, 0.717) is 11.3 Å². The number of carbonyl (C=O) groups is 1. The molecule has 0 saturated heterocycles. The van der Waals surface area contributed by atoms with Crippen molar-refractivity contribution in [2.45, 2.75) is 31.6 Å². The molecule has 27 heavy (non-hydrogen) atoms. The van der Waals surface area contributed by atoms with Gasteiger partial charge in [0, 0.05) is 17.3 Å². The zero-order valence-electron chi connectivity index (χ0n) is 15.2. The quantitative estimate of drug-likeness (QED) is 0.634. The number of aromatic nitrogens is 2. The van der Waals surface area contributed by atoms with E-state index in [1.54, 1.807) is 30.5 Å². The van der Waals surface area contributed by atoms with Crippen LogP contribution in [-0.4, -0.2) is 29.5 Å². The number of hydrogen-bond acceptors (Lipinski definition) is 4. The minimum absolute atomic E-state index is 0.0324. The van der Waals surface area contributed by atoms with Crippen molar-refractivity contribution in [3.05, 3.63) is 48.3 Å². The Hall–Kier alpha value is -2.71. The molecular weight excluding hydrogens is 366 g/mol. The molecule has 7 nitrogen and oxygen atoms in total. The monoisotopic (exact) mass is 387 g/mol. The van der Waals surface area contributed by atoms with Crippen LogP contribution in [0.2, 0.25) is 0 Å². The lowest BCUT2D eigenvalue weighted by molar-refractivity contribution is -0.141. The molecule has 2 heterocycles. The Morgan fingerprint density at radius 3 is 2.33 bits per heavy atom. The topological polar surface area (TPSA) is 126 Å². The molecule has 0 saturated carbocycles. The number of fused-ring (bicyclic) bond motifs is 1. The molecule has 3 aromatic rings. The highest BCUT2D eigenvalue weighted by molar-refractivity contribution is 7.89. The fourth-order valence-corrected chi connectivity index (χ4v) is 3.76. The maximum absolute atomic E-state index is 11.8. The number of nitrogens with zero attached hydrogens (tertiary/aromatic N) is 1. The number of pyridine rings is 1. The van der Waals surface area contributed by atoms with E-state index in [1.165, 1.54) is 12.1 Å². The van der Waals surface area contributed by atoms with E-state index in [1.807, 2.05) is 20.8 Å². The van der Waals surface area contributed by atoms with Crippen LogP contribution in [0.25, 0.3) is 22.2 Å². The van der Waals surface area contributed by atoms with Gasteiger partial charge >= 0.3 is 5.97 Å². The number of aliphatic carboxylic acids is 1. The molecule has 0 fully saturated rings. The van der Waals surface area contributed by atoms with Crippen LogP contribution in [0.1, 0.15) is 32.4 Å². The van der Waals surface area contributed by atoms with Crippen molar-refractivity contribution < 1.29 is 18.3 Å². The molecule has 0 spiro atoms. The molecule has 1 unspecified atom stereocenters. The average molecular weight is 387 g/mol. The number of carboxylic acids is 1. The van der Waals surface area contributed by atoms with Gasteiger partial charge in [-0.15, -0.1) is 0 Å². The normalized spacial score (nSPS) is 13.6. The number of primary sulfonamides is 1. The third kappa shape index (κ3) is 3.72. The Morgan fingerprint density at radius 2 is 1.81 bits per heavy atom. The summed E-state index contributed by atoms with van der Waals surface area (Å²) < 4.78 is 22.9. The summed E-state index contributed by atoms with van der Waals surface area (Å²) in [6.45, 7) is 5.62. The number of aromatic amines is 1. The van der Waals surface area contributed by atoms with Gasteiger partial charge in [0.2, 0.25) is 10.0 Å². The first kappa shape index (κ1) is 19.1. The molecule has 3 rings (SSSR count). The van der Waals surface area contributed by atoms with Gasteiger partial charge in [-0.25, -0.2) is 18.5 Å². The summed E-state index contributed by atoms with van der Waals surface area (Å²) in [6.07, 6.45) is 1.62. The first-order chi connectivity index (χ1) is 12.5. The molecule has 0 amide bonds. The second-order valence-corrected chi connectivity index (χ2v) is 9.11. The number of H-pyrrole nitrogens is 1. The van der Waals surface area contributed by atoms with Crippen molar-refractivity contribution in [2.24, 2.45) is 10.6 Å². The van der Waals surface area contributed by atoms with Crippen LogP contribution in [0.3, 0.4) is 0 Å². The summed E-state index contributed by atoms with van der Waals surface area (Å²) in [6, 6.07) is 9.83. The molecule has 0 aliphatic carbocycles. The highest BCUT2D eigenvalue weighted by Gasteiger charge is 2.34. The fraction of sp³-hybridized carbons (Fsp3) is 0.263. The van der Waals surface area contributed by atoms with E-state index in [4.69, 9.17) is 5.14 Å². The van der Waals surface area contributed by atoms with E-state index in [0.717, 1.165) is 16.5 Å². The maximum atomic E-state index is 11.8. The zero-order valence-corrected chi connectivity index (χ0v) is 16.0. The molecule has 0 aliphatic heterocycles. The fourth-order valence-electron chi connectivity index (χ4n) is 3.25. The zero-order chi connectivity index (χ0) is 20.0. The summed E-state index contributed by atoms with van der Waals surface area (Å²) in [5.41, 5.74) is 2.27. The third-order valence-corrected chi connectivity index (χ3v) is 5.40. The van der Waals surface area contributed by atoms with Gasteiger partial charge in [0.1, 0.15) is 11.6 Å². The van der Waals surface area contributed by atoms with E-state index >= 15 is 0 Å². The van der Waals surface area contributed by atoms with E-state index < -0.39 is 27.3 Å². The van der Waals surface area contributed by atoms with E-state index in [-0.39, 0.29) is 4.90 Å². The molecule has 1 aromatic carbocycles. The lowest BCUT2D eigenvalue weighted by Crippen LogP contribution is -2.26. The predicted molar refractivity (Wildman–Crippen MR) is 103 cm³/mol. The number of sulfonamides is 1. The summed E-state index contributed by atoms with van der Waals surface area (Å²) in [4.78, 5) is 19.3. The number of nitrogens with two attached hydrogens (primary N) is 1. The van der Waals surface area contributed by atoms with Crippen LogP contribution in [0, 0.1) is 5.41 Å². The molecule has 1 atom stereocenters. The molecule has 2 aromatic heterocycles. The van der Waals surface area contributed by atoms with Gasteiger partial charge in [-0.3, -0.25) is 4.79 Å². The van der Waals surface area contributed by atoms with Gasteiger partial charge in [-0.1, -0.05) is 32.9 Å². The van der Waals surface area contributed by atoms with E-state index in [9.17, 15) is 18.3 Å². The number of nitrogens with one attached hydrogen (secondary N) is 1. The summed E-state index contributed by atoms with van der Waals surface area (Å²) >= 11 is 0. The molecule has 0 bridgehead atoms. The van der Waals surface area contributed by atoms with Gasteiger partial charge in [0.15, 0.2) is 0 Å². The molecule has 0 radical (unpaired) electrons. The lowest BCUT2D eigenvalue weighted by atomic mass is 9.79. The minimum Gasteiger partial charge on any atom is -0.481 e. The largest absolute Gasteiger partial charge is 0.481 e. The molecule has 8 heteroatoms. The van der Waals surface area contributed by atoms with Gasteiger partial charge in [0.25, 0.3) is 0 Å². The Morgan fingerprint density at radius 1 is 1.19 bits per heavy atom. The first-order valence-electron chi connectivity index (χ1n) is 8.32. The van der Waals surface area contributed by atoms with Crippen LogP contribution in [-0.2, 0) is 14.8 Å². The smallest absolute Gasteiger partial charge is 0.313 e. The Bertz CT molecular complexity index is 1110. The van der Waals surface area contributed by atoms with Crippen molar-refractivity contribution in [3.8, 4) is 11.1 Å². The average Bonchev–Trinajstić information content (AvgIpc) is 2.95. The van der Waals surface area contributed by atoms with Gasteiger partial charge in [0.05, 0.1) is 4.90 Å². The van der Waals surface area contributed by atoms with Crippen molar-refractivity contribution in [3.63, 3.8) is 0 Å². The number of carboxylic acid groups (broad SMARTS) is 1. The first-order valence-corrected chi connectivity index (χ1v) is 9.87. The van der Waals surface area contributed by atoms with Crippen LogP contribution in [0.5, 0.6) is 0 Å². The van der Waals surface area contributed by atoms with Gasteiger partial charge < -0.3 is 10.1 Å². The van der Waals surface area contributed by atoms with Gasteiger partial charge in [-0.05, 0) is 40.8 Å². The van der Waals surface area contributed by atoms with E-state index in [2.05, 4.69) is 9.97 Å². The Balaban J connectivity index is 2.13. The highest BCUT2D eigenvalue weighted by Crippen LogP contribution is 2.37. The molecule has 4 N–H and O–H groups in total. The van der Waals surface area contributed by atoms with Crippen LogP contribution >= 0.6 is 0 Å². The van der Waals surface area contributed by atoms with Crippen LogP contribution < -0.4 is 5.14 Å². The summed E-state index contributed by atoms with van der Waals surface area (Å²) in [7, 11) is -3.76. The maximum Gasteiger partial charge on any atom is 0.313 e. The summed E-state index contributed by atoms with van der Waals surface area (Å²) in [5.74, 6) is -1.63. The predicted octanol–water partition coefficient (Wildman–Crippen LogP) is 3.09. The van der Waals surface area contributed by atoms with Crippen molar-refractivity contribution in [1.82, 2.24) is 9.97 Å². The standard InChI is InChI=1S/C19H21N3O4S/c1-19(2,3)16(18(23)24)15-10-14-13(8-9-21-17(14)22-15)11-4-6-12(7-5-11)27(20,25)26/h4-10,16H,1-3H3,(H,21,22)(H,23,24)(H2,20,25,26). The van der Waals surface area contributed by atoms with Crippen molar-refractivity contribution in [2.75, 3.05) is 0 Å². The van der Waals surface area contributed by atoms with Crippen LogP contribution in [0.15, 0.2) is 47.5 Å². The second kappa shape index (κ2) is 6.47. The lowest BCUT2D eigenvalue weighted by Gasteiger charge is -2.26. The van der Waals surface area contributed by atoms with Crippen molar-refractivity contribution in [1.29, 1.82) is 0 Å². The SMILES string of the molecule is CC(C)(C)C(C(=O)O)c1cc2c(-c3ccc(S(N)(=O)=O)cc3)ccnc2[nH]1. The number of rotatable bonds is 4. The Kier molecular flexibility index (Phi) is 4.57. The summed E-state index contributed by atoms with van der Waals surface area (Å²) in [5, 5.41) is 15.6. The second-order valence-electron chi connectivity index (χ2n) is 7.55. The van der Waals surface area contributed by atoms with Gasteiger partial charge in [-0.2, -0.15) is 0 Å². The Labute approximate surface area is 157 Å². The molecule has 0 aliphatic rings. The third-order valence-electron chi connectivity index (χ3n) is 4.47. The molecular formula is C19H21N3O4S. The van der Waals surface area contributed by atoms with Crippen LogP contribution in [0.4, 0.5) is 0 Å². The number of hydrogen-bond donors (Lipinski definition) is 3. The molecule has 142 valence electrons. The van der Waals surface area contributed by atoms with Crippen molar-refractivity contribution >= 4 is 27.0 Å².